The van der Waals surface area contributed by atoms with Crippen molar-refractivity contribution in [3.05, 3.63) is 0 Å². The molecular weight excluding hydrogens is 217 g/mol. The summed E-state index contributed by atoms with van der Waals surface area (Å²) < 4.78 is 16.0. The minimum Gasteiger partial charge on any atom is -0.459 e. The molecule has 0 aliphatic carbocycles. The second-order valence-corrected chi connectivity index (χ2v) is 7.25. The molecule has 90 valence electrons. The van der Waals surface area contributed by atoms with Gasteiger partial charge in [-0.05, 0) is 27.2 Å². The van der Waals surface area contributed by atoms with Gasteiger partial charge in [0.05, 0.1) is 0 Å². The van der Waals surface area contributed by atoms with Gasteiger partial charge >= 0.3 is 5.97 Å². The Morgan fingerprint density at radius 3 is 2.33 bits per heavy atom. The molecule has 0 heterocycles. The molecule has 3 N–H and O–H groups in total. The van der Waals surface area contributed by atoms with E-state index in [9.17, 15) is 9.36 Å². The van der Waals surface area contributed by atoms with E-state index >= 15 is 0 Å². The van der Waals surface area contributed by atoms with Gasteiger partial charge in [0.1, 0.15) is 11.6 Å². The number of nitrogens with two attached hydrogens (primary N) is 1. The van der Waals surface area contributed by atoms with Crippen molar-refractivity contribution < 1.29 is 19.0 Å². The van der Waals surface area contributed by atoms with E-state index in [2.05, 4.69) is 0 Å². The predicted octanol–water partition coefficient (Wildman–Crippen LogP) is 0.946. The second kappa shape index (κ2) is 5.10. The van der Waals surface area contributed by atoms with Crippen LogP contribution >= 0.6 is 7.37 Å². The van der Waals surface area contributed by atoms with Crippen LogP contribution in [0.15, 0.2) is 0 Å². The number of ether oxygens (including phenoxy) is 1. The summed E-state index contributed by atoms with van der Waals surface area (Å²) in [5.41, 5.74) is 4.95. The molecule has 0 bridgehead atoms. The van der Waals surface area contributed by atoms with Crippen LogP contribution in [-0.4, -0.2) is 35.3 Å². The van der Waals surface area contributed by atoms with Crippen molar-refractivity contribution in [1.29, 1.82) is 0 Å². The molecular formula is C9H20NO4P. The first-order valence-electron chi connectivity index (χ1n) is 4.79. The topological polar surface area (TPSA) is 89.6 Å². The molecule has 0 fully saturated rings. The van der Waals surface area contributed by atoms with Crippen molar-refractivity contribution in [2.75, 3.05) is 12.8 Å². The van der Waals surface area contributed by atoms with Crippen molar-refractivity contribution in [3.8, 4) is 0 Å². The van der Waals surface area contributed by atoms with Gasteiger partial charge in [0.2, 0.25) is 0 Å². The standard InChI is InChI=1S/C9H20NO4P/c1-9(2,3)14-8(11)7(10)5-6-15(4,12)13/h7H,5-6,10H2,1-4H3,(H,12,13). The Labute approximate surface area is 90.4 Å². The SMILES string of the molecule is CC(C)(C)OC(=O)C(N)CCP(C)(=O)O. The van der Waals surface area contributed by atoms with Crippen molar-refractivity contribution in [1.82, 2.24) is 0 Å². The first-order valence-corrected chi connectivity index (χ1v) is 7.08. The summed E-state index contributed by atoms with van der Waals surface area (Å²) in [6.07, 6.45) is 0.201. The summed E-state index contributed by atoms with van der Waals surface area (Å²) in [5, 5.41) is 0. The lowest BCUT2D eigenvalue weighted by molar-refractivity contribution is -0.156. The van der Waals surface area contributed by atoms with Gasteiger partial charge in [-0.1, -0.05) is 0 Å². The Morgan fingerprint density at radius 2 is 2.00 bits per heavy atom. The van der Waals surface area contributed by atoms with E-state index in [1.807, 2.05) is 0 Å². The molecule has 2 unspecified atom stereocenters. The molecule has 0 aromatic rings. The van der Waals surface area contributed by atoms with Crippen molar-refractivity contribution in [2.45, 2.75) is 38.8 Å². The monoisotopic (exact) mass is 237 g/mol. The Kier molecular flexibility index (Phi) is 4.97. The predicted molar refractivity (Wildman–Crippen MR) is 59.1 cm³/mol. The minimum atomic E-state index is -3.10. The number of rotatable bonds is 4. The quantitative estimate of drug-likeness (QED) is 0.561. The lowest BCUT2D eigenvalue weighted by Gasteiger charge is -2.22. The van der Waals surface area contributed by atoms with Crippen molar-refractivity contribution in [2.24, 2.45) is 5.73 Å². The first kappa shape index (κ1) is 14.6. The molecule has 5 nitrogen and oxygen atoms in total. The Morgan fingerprint density at radius 1 is 1.53 bits per heavy atom. The number of hydrogen-bond acceptors (Lipinski definition) is 4. The van der Waals surface area contributed by atoms with Crippen LogP contribution in [0.4, 0.5) is 0 Å². The maximum absolute atomic E-state index is 11.4. The molecule has 0 saturated heterocycles. The highest BCUT2D eigenvalue weighted by molar-refractivity contribution is 7.57. The fourth-order valence-corrected chi connectivity index (χ4v) is 1.63. The van der Waals surface area contributed by atoms with E-state index < -0.39 is 25.0 Å². The van der Waals surface area contributed by atoms with Crippen LogP contribution in [0.1, 0.15) is 27.2 Å². The highest BCUT2D eigenvalue weighted by atomic mass is 31.2. The van der Waals surface area contributed by atoms with Crippen LogP contribution in [0.3, 0.4) is 0 Å². The zero-order valence-corrected chi connectivity index (χ0v) is 10.6. The van der Waals surface area contributed by atoms with Crippen LogP contribution in [-0.2, 0) is 14.1 Å². The van der Waals surface area contributed by atoms with Crippen LogP contribution in [0.5, 0.6) is 0 Å². The van der Waals surface area contributed by atoms with E-state index in [1.165, 1.54) is 6.66 Å². The van der Waals surface area contributed by atoms with E-state index in [-0.39, 0.29) is 12.6 Å². The summed E-state index contributed by atoms with van der Waals surface area (Å²) in [6, 6.07) is -0.829. The smallest absolute Gasteiger partial charge is 0.323 e. The normalized spacial score (nSPS) is 18.0. The number of esters is 1. The number of carbonyl (C=O) groups is 1. The minimum absolute atomic E-state index is 0.0351. The zero-order chi connectivity index (χ0) is 12.3. The third-order valence-electron chi connectivity index (χ3n) is 1.56. The van der Waals surface area contributed by atoms with Crippen LogP contribution in [0.25, 0.3) is 0 Å². The molecule has 15 heavy (non-hydrogen) atoms. The average Bonchev–Trinajstić information content (AvgIpc) is 1.95. The van der Waals surface area contributed by atoms with Crippen LogP contribution < -0.4 is 5.73 Å². The summed E-state index contributed by atoms with van der Waals surface area (Å²) in [5.74, 6) is -0.532. The van der Waals surface area contributed by atoms with Gasteiger partial charge in [0.25, 0.3) is 0 Å². The molecule has 0 aromatic heterocycles. The van der Waals surface area contributed by atoms with E-state index in [4.69, 9.17) is 15.4 Å². The summed E-state index contributed by atoms with van der Waals surface area (Å²) in [6.45, 7) is 6.48. The van der Waals surface area contributed by atoms with E-state index in [0.29, 0.717) is 0 Å². The zero-order valence-electron chi connectivity index (χ0n) is 9.69. The molecule has 0 rings (SSSR count). The van der Waals surface area contributed by atoms with Gasteiger partial charge in [-0.25, -0.2) is 0 Å². The fraction of sp³-hybridized carbons (Fsp3) is 0.889. The largest absolute Gasteiger partial charge is 0.459 e. The summed E-state index contributed by atoms with van der Waals surface area (Å²) in [7, 11) is -3.10. The van der Waals surface area contributed by atoms with Crippen molar-refractivity contribution >= 4 is 13.3 Å². The Hall–Kier alpha value is -0.380. The average molecular weight is 237 g/mol. The highest BCUT2D eigenvalue weighted by Gasteiger charge is 2.23. The number of hydrogen-bond donors (Lipinski definition) is 2. The maximum Gasteiger partial charge on any atom is 0.323 e. The van der Waals surface area contributed by atoms with Gasteiger partial charge < -0.3 is 15.4 Å². The van der Waals surface area contributed by atoms with Gasteiger partial charge in [-0.15, -0.1) is 0 Å². The van der Waals surface area contributed by atoms with Gasteiger partial charge in [0.15, 0.2) is 7.37 Å². The Balaban J connectivity index is 4.07. The molecule has 0 saturated carbocycles. The lowest BCUT2D eigenvalue weighted by Crippen LogP contribution is -2.37. The summed E-state index contributed by atoms with van der Waals surface area (Å²) >= 11 is 0. The van der Waals surface area contributed by atoms with E-state index in [0.717, 1.165) is 0 Å². The summed E-state index contributed by atoms with van der Waals surface area (Å²) in [4.78, 5) is 20.4. The van der Waals surface area contributed by atoms with Gasteiger partial charge in [0, 0.05) is 12.8 Å². The van der Waals surface area contributed by atoms with Crippen molar-refractivity contribution in [3.63, 3.8) is 0 Å². The third kappa shape index (κ3) is 8.60. The number of carbonyl (C=O) groups excluding carboxylic acids is 1. The fourth-order valence-electron chi connectivity index (χ4n) is 0.874. The van der Waals surface area contributed by atoms with Gasteiger partial charge in [-0.2, -0.15) is 0 Å². The lowest BCUT2D eigenvalue weighted by atomic mass is 10.2. The molecule has 0 amide bonds. The third-order valence-corrected chi connectivity index (χ3v) is 2.65. The van der Waals surface area contributed by atoms with Gasteiger partial charge in [-0.3, -0.25) is 9.36 Å². The van der Waals surface area contributed by atoms with Crippen LogP contribution in [0, 0.1) is 0 Å². The first-order chi connectivity index (χ1) is 6.51. The highest BCUT2D eigenvalue weighted by Crippen LogP contribution is 2.35. The van der Waals surface area contributed by atoms with E-state index in [1.54, 1.807) is 20.8 Å². The molecule has 0 radical (unpaired) electrons. The molecule has 0 aromatic carbocycles. The molecule has 2 atom stereocenters. The van der Waals surface area contributed by atoms with Crippen LogP contribution in [0.2, 0.25) is 0 Å². The molecule has 0 spiro atoms. The Bertz CT molecular complexity index is 266. The molecule has 6 heteroatoms. The molecule has 0 aliphatic rings. The second-order valence-electron chi connectivity index (χ2n) is 4.70. The maximum atomic E-state index is 11.4. The molecule has 0 aliphatic heterocycles.